The Kier molecular flexibility index (Phi) is 5.24. The van der Waals surface area contributed by atoms with E-state index < -0.39 is 6.61 Å². The fourth-order valence-corrected chi connectivity index (χ4v) is 3.75. The summed E-state index contributed by atoms with van der Waals surface area (Å²) >= 11 is 0. The molecule has 2 N–H and O–H groups in total. The highest BCUT2D eigenvalue weighted by atomic mass is 19.3. The molecule has 2 saturated heterocycles. The molecule has 0 spiro atoms. The van der Waals surface area contributed by atoms with Crippen LogP contribution in [-0.2, 0) is 4.79 Å². The van der Waals surface area contributed by atoms with E-state index in [9.17, 15) is 13.6 Å². The molecule has 25 heavy (non-hydrogen) atoms. The first-order valence-corrected chi connectivity index (χ1v) is 8.72. The van der Waals surface area contributed by atoms with E-state index in [0.717, 1.165) is 38.0 Å². The van der Waals surface area contributed by atoms with Gasteiger partial charge in [-0.25, -0.2) is 0 Å². The highest BCUT2D eigenvalue weighted by Gasteiger charge is 2.41. The zero-order valence-electron chi connectivity index (χ0n) is 14.5. The van der Waals surface area contributed by atoms with Crippen LogP contribution < -0.4 is 15.4 Å². The zero-order valence-corrected chi connectivity index (χ0v) is 14.5. The van der Waals surface area contributed by atoms with Crippen molar-refractivity contribution >= 4 is 11.6 Å². The Morgan fingerprint density at radius 2 is 2.04 bits per heavy atom. The van der Waals surface area contributed by atoms with Crippen molar-refractivity contribution in [2.45, 2.75) is 38.8 Å². The Bertz CT molecular complexity index is 611. The van der Waals surface area contributed by atoms with Crippen molar-refractivity contribution in [3.63, 3.8) is 0 Å². The Hall–Kier alpha value is -1.73. The summed E-state index contributed by atoms with van der Waals surface area (Å²) in [5, 5.41) is 0. The summed E-state index contributed by atoms with van der Waals surface area (Å²) < 4.78 is 28.9. The van der Waals surface area contributed by atoms with Gasteiger partial charge in [-0.05, 0) is 62.0 Å². The molecule has 2 aliphatic rings. The number of rotatable bonds is 5. The molecule has 0 radical (unpaired) electrons. The minimum Gasteiger partial charge on any atom is -0.435 e. The number of alkyl halides is 2. The third-order valence-corrected chi connectivity index (χ3v) is 5.30. The Morgan fingerprint density at radius 3 is 2.64 bits per heavy atom. The van der Waals surface area contributed by atoms with Crippen LogP contribution in [0.25, 0.3) is 0 Å². The molecule has 0 aliphatic carbocycles. The third kappa shape index (κ3) is 3.93. The molecule has 3 rings (SSSR count). The maximum atomic E-state index is 13.0. The van der Waals surface area contributed by atoms with E-state index in [1.807, 2.05) is 0 Å². The number of benzene rings is 1. The van der Waals surface area contributed by atoms with Gasteiger partial charge in [0, 0.05) is 18.8 Å². The number of likely N-dealkylation sites (tertiary alicyclic amines) is 1. The predicted octanol–water partition coefficient (Wildman–Crippen LogP) is 2.45. The summed E-state index contributed by atoms with van der Waals surface area (Å²) in [6.07, 6.45) is 2.77. The number of amides is 1. The molecule has 2 atom stereocenters. The number of nitrogens with zero attached hydrogens (tertiary/aromatic N) is 2. The Balaban J connectivity index is 1.70. The third-order valence-electron chi connectivity index (χ3n) is 5.30. The fourth-order valence-electron chi connectivity index (χ4n) is 3.75. The number of halogens is 2. The summed E-state index contributed by atoms with van der Waals surface area (Å²) in [4.78, 5) is 17.0. The van der Waals surface area contributed by atoms with E-state index in [1.54, 1.807) is 17.0 Å². The summed E-state index contributed by atoms with van der Waals surface area (Å²) in [6.45, 7) is 2.32. The molecule has 0 bridgehead atoms. The second-order valence-corrected chi connectivity index (χ2v) is 7.26. The summed E-state index contributed by atoms with van der Waals surface area (Å²) in [6, 6.07) is 6.14. The maximum Gasteiger partial charge on any atom is 0.387 e. The molecule has 138 valence electrons. The Labute approximate surface area is 146 Å². The SMILES string of the molecule is CC1(CN)CCN(C2CCCN(c3ccc(OC(F)F)cc3)C2=O)C1. The van der Waals surface area contributed by atoms with Gasteiger partial charge < -0.3 is 15.4 Å². The van der Waals surface area contributed by atoms with Crippen molar-refractivity contribution in [3.8, 4) is 5.75 Å². The fraction of sp³-hybridized carbons (Fsp3) is 0.611. The van der Waals surface area contributed by atoms with Crippen LogP contribution in [0.1, 0.15) is 26.2 Å². The first kappa shape index (κ1) is 18.1. The number of anilines is 1. The zero-order chi connectivity index (χ0) is 18.0. The van der Waals surface area contributed by atoms with Crippen molar-refractivity contribution in [1.82, 2.24) is 4.90 Å². The van der Waals surface area contributed by atoms with Gasteiger partial charge in [0.15, 0.2) is 0 Å². The van der Waals surface area contributed by atoms with Crippen molar-refractivity contribution in [2.24, 2.45) is 11.1 Å². The number of piperidine rings is 1. The van der Waals surface area contributed by atoms with Gasteiger partial charge in [0.2, 0.25) is 5.91 Å². The van der Waals surface area contributed by atoms with Crippen molar-refractivity contribution in [1.29, 1.82) is 0 Å². The highest BCUT2D eigenvalue weighted by Crippen LogP contribution is 2.33. The first-order valence-electron chi connectivity index (χ1n) is 8.72. The molecule has 0 aromatic heterocycles. The lowest BCUT2D eigenvalue weighted by Gasteiger charge is -2.37. The van der Waals surface area contributed by atoms with Gasteiger partial charge in [-0.1, -0.05) is 6.92 Å². The lowest BCUT2D eigenvalue weighted by molar-refractivity contribution is -0.125. The number of hydrogen-bond donors (Lipinski definition) is 1. The molecule has 2 heterocycles. The predicted molar refractivity (Wildman–Crippen MR) is 91.8 cm³/mol. The van der Waals surface area contributed by atoms with Crippen molar-refractivity contribution in [3.05, 3.63) is 24.3 Å². The normalized spacial score (nSPS) is 28.0. The van der Waals surface area contributed by atoms with Gasteiger partial charge in [0.25, 0.3) is 0 Å². The van der Waals surface area contributed by atoms with E-state index in [0.29, 0.717) is 13.1 Å². The molecule has 1 aromatic rings. The van der Waals surface area contributed by atoms with Crippen LogP contribution in [0.3, 0.4) is 0 Å². The van der Waals surface area contributed by atoms with Crippen LogP contribution in [0.5, 0.6) is 5.75 Å². The molecular weight excluding hydrogens is 328 g/mol. The summed E-state index contributed by atoms with van der Waals surface area (Å²) in [5.41, 5.74) is 6.67. The van der Waals surface area contributed by atoms with Gasteiger partial charge in [-0.15, -0.1) is 0 Å². The van der Waals surface area contributed by atoms with Crippen LogP contribution in [0.15, 0.2) is 24.3 Å². The van der Waals surface area contributed by atoms with Gasteiger partial charge in [-0.2, -0.15) is 8.78 Å². The lowest BCUT2D eigenvalue weighted by atomic mass is 9.90. The van der Waals surface area contributed by atoms with E-state index >= 15 is 0 Å². The van der Waals surface area contributed by atoms with E-state index in [4.69, 9.17) is 5.73 Å². The van der Waals surface area contributed by atoms with E-state index in [-0.39, 0.29) is 23.1 Å². The quantitative estimate of drug-likeness (QED) is 0.883. The molecule has 1 aromatic carbocycles. The topological polar surface area (TPSA) is 58.8 Å². The number of nitrogens with two attached hydrogens (primary N) is 1. The molecule has 1 amide bonds. The van der Waals surface area contributed by atoms with Crippen molar-refractivity contribution < 1.29 is 18.3 Å². The minimum absolute atomic E-state index is 0.0787. The van der Waals surface area contributed by atoms with Crippen LogP contribution in [0.2, 0.25) is 0 Å². The largest absolute Gasteiger partial charge is 0.435 e. The maximum absolute atomic E-state index is 13.0. The molecular formula is C18H25F2N3O2. The second kappa shape index (κ2) is 7.25. The minimum atomic E-state index is -2.85. The number of ether oxygens (including phenoxy) is 1. The number of carbonyl (C=O) groups excluding carboxylic acids is 1. The molecule has 7 heteroatoms. The summed E-state index contributed by atoms with van der Waals surface area (Å²) in [5.74, 6) is 0.174. The highest BCUT2D eigenvalue weighted by molar-refractivity contribution is 5.98. The molecule has 2 fully saturated rings. The van der Waals surface area contributed by atoms with Crippen LogP contribution in [0, 0.1) is 5.41 Å². The molecule has 2 aliphatic heterocycles. The average Bonchev–Trinajstić information content (AvgIpc) is 2.98. The number of hydrogen-bond acceptors (Lipinski definition) is 4. The summed E-state index contributed by atoms with van der Waals surface area (Å²) in [7, 11) is 0. The smallest absolute Gasteiger partial charge is 0.387 e. The molecule has 2 unspecified atom stereocenters. The van der Waals surface area contributed by atoms with Crippen molar-refractivity contribution in [2.75, 3.05) is 31.1 Å². The molecule has 0 saturated carbocycles. The van der Waals surface area contributed by atoms with Gasteiger partial charge >= 0.3 is 6.61 Å². The molecule has 5 nitrogen and oxygen atoms in total. The first-order chi connectivity index (χ1) is 11.9. The monoisotopic (exact) mass is 353 g/mol. The van der Waals surface area contributed by atoms with Crippen LogP contribution in [-0.4, -0.2) is 49.6 Å². The van der Waals surface area contributed by atoms with Crippen LogP contribution >= 0.6 is 0 Å². The number of carbonyl (C=O) groups is 1. The average molecular weight is 353 g/mol. The lowest BCUT2D eigenvalue weighted by Crippen LogP contribution is -2.52. The van der Waals surface area contributed by atoms with E-state index in [2.05, 4.69) is 16.6 Å². The van der Waals surface area contributed by atoms with Gasteiger partial charge in [0.1, 0.15) is 5.75 Å². The van der Waals surface area contributed by atoms with E-state index in [1.165, 1.54) is 12.1 Å². The second-order valence-electron chi connectivity index (χ2n) is 7.26. The standard InChI is InChI=1S/C18H25F2N3O2/c1-18(11-21)8-10-22(12-18)15-3-2-9-23(16(15)24)13-4-6-14(7-5-13)25-17(19)20/h4-7,15,17H,2-3,8-12,21H2,1H3. The van der Waals surface area contributed by atoms with Gasteiger partial charge in [-0.3, -0.25) is 9.69 Å². The van der Waals surface area contributed by atoms with Crippen LogP contribution in [0.4, 0.5) is 14.5 Å². The van der Waals surface area contributed by atoms with Gasteiger partial charge in [0.05, 0.1) is 6.04 Å². The Morgan fingerprint density at radius 1 is 1.32 bits per heavy atom.